The van der Waals surface area contributed by atoms with Crippen LogP contribution in [0.1, 0.15) is 67.6 Å². The number of halogens is 3. The molecule has 0 aliphatic carbocycles. The van der Waals surface area contributed by atoms with E-state index in [0.29, 0.717) is 18.6 Å². The summed E-state index contributed by atoms with van der Waals surface area (Å²) in [6.07, 6.45) is -2.60. The van der Waals surface area contributed by atoms with Gasteiger partial charge in [-0.2, -0.15) is 13.2 Å². The summed E-state index contributed by atoms with van der Waals surface area (Å²) in [7, 11) is 0. The molecule has 3 aromatic rings. The monoisotopic (exact) mass is 516 g/mol. The first-order valence-electron chi connectivity index (χ1n) is 12.3. The van der Waals surface area contributed by atoms with Crippen LogP contribution >= 0.6 is 0 Å². The summed E-state index contributed by atoms with van der Waals surface area (Å²) in [6.45, 7) is 8.26. The van der Waals surface area contributed by atoms with Crippen molar-refractivity contribution in [2.75, 3.05) is 18.4 Å². The second kappa shape index (κ2) is 10.1. The number of aromatic nitrogens is 2. The van der Waals surface area contributed by atoms with Gasteiger partial charge in [-0.15, -0.1) is 0 Å². The number of benzene rings is 2. The van der Waals surface area contributed by atoms with Crippen LogP contribution in [0.3, 0.4) is 0 Å². The number of carbonyl (C=O) groups is 2. The van der Waals surface area contributed by atoms with Gasteiger partial charge in [0.2, 0.25) is 5.95 Å². The average molecular weight is 517 g/mol. The Morgan fingerprint density at radius 1 is 1.08 bits per heavy atom. The van der Waals surface area contributed by atoms with Crippen LogP contribution in [0.15, 0.2) is 42.5 Å². The number of nitrogens with zero attached hydrogens (tertiary/aromatic N) is 3. The molecular formula is C27H31F3N4O3. The molecule has 0 saturated carbocycles. The molecule has 37 heavy (non-hydrogen) atoms. The summed E-state index contributed by atoms with van der Waals surface area (Å²) < 4.78 is 47.1. The van der Waals surface area contributed by atoms with E-state index in [-0.39, 0.29) is 17.6 Å². The van der Waals surface area contributed by atoms with Gasteiger partial charge in [0.15, 0.2) is 0 Å². The fraction of sp³-hybridized carbons (Fsp3) is 0.444. The van der Waals surface area contributed by atoms with E-state index in [1.165, 1.54) is 12.1 Å². The largest absolute Gasteiger partial charge is 0.444 e. The van der Waals surface area contributed by atoms with Crippen molar-refractivity contribution >= 4 is 29.0 Å². The quantitative estimate of drug-likeness (QED) is 0.427. The number of aryl methyl sites for hydroxylation is 1. The molecule has 0 bridgehead atoms. The molecule has 7 nitrogen and oxygen atoms in total. The minimum absolute atomic E-state index is 0.124. The predicted molar refractivity (Wildman–Crippen MR) is 135 cm³/mol. The minimum Gasteiger partial charge on any atom is -0.444 e. The standard InChI is InChI=1S/C27H31F3N4O3/c1-17-11-12-22-21(14-17)31-24(32-23(35)18-8-7-9-19(15-18)27(28,29)30)34(22)20-10-5-6-13-33(16-20)25(36)37-26(2,3)4/h7-9,11-12,14-15,20H,5-6,10,13,16H2,1-4H3,(H,31,32,35). The first kappa shape index (κ1) is 26.5. The number of fused-ring (bicyclic) bond motifs is 1. The highest BCUT2D eigenvalue weighted by Crippen LogP contribution is 2.32. The van der Waals surface area contributed by atoms with Gasteiger partial charge in [0.1, 0.15) is 5.60 Å². The number of hydrogen-bond donors (Lipinski definition) is 1. The molecule has 4 rings (SSSR count). The molecule has 0 radical (unpaired) electrons. The van der Waals surface area contributed by atoms with Crippen molar-refractivity contribution in [2.24, 2.45) is 0 Å². The first-order valence-corrected chi connectivity index (χ1v) is 12.3. The van der Waals surface area contributed by atoms with E-state index >= 15 is 0 Å². The molecule has 1 fully saturated rings. The summed E-state index contributed by atoms with van der Waals surface area (Å²) in [5.74, 6) is -0.476. The van der Waals surface area contributed by atoms with E-state index in [1.807, 2.05) is 50.5 Å². The van der Waals surface area contributed by atoms with E-state index < -0.39 is 29.3 Å². The van der Waals surface area contributed by atoms with Crippen LogP contribution < -0.4 is 5.32 Å². The maximum Gasteiger partial charge on any atom is 0.416 e. The second-order valence-corrected chi connectivity index (χ2v) is 10.4. The number of nitrogens with one attached hydrogen (secondary N) is 1. The van der Waals surface area contributed by atoms with Gasteiger partial charge in [0.25, 0.3) is 5.91 Å². The molecule has 2 amide bonds. The van der Waals surface area contributed by atoms with Crippen LogP contribution in [0.5, 0.6) is 0 Å². The summed E-state index contributed by atoms with van der Waals surface area (Å²) in [5, 5.41) is 2.73. The maximum atomic E-state index is 13.2. The van der Waals surface area contributed by atoms with E-state index in [1.54, 1.807) is 4.90 Å². The Morgan fingerprint density at radius 3 is 2.54 bits per heavy atom. The highest BCUT2D eigenvalue weighted by Gasteiger charge is 2.32. The lowest BCUT2D eigenvalue weighted by atomic mass is 10.1. The Morgan fingerprint density at radius 2 is 1.84 bits per heavy atom. The van der Waals surface area contributed by atoms with Gasteiger partial charge in [0.05, 0.1) is 22.6 Å². The summed E-state index contributed by atoms with van der Waals surface area (Å²) in [5.41, 5.74) is 0.724. The van der Waals surface area contributed by atoms with Crippen LogP contribution in [-0.4, -0.2) is 45.1 Å². The van der Waals surface area contributed by atoms with Crippen LogP contribution in [0.4, 0.5) is 23.9 Å². The Balaban J connectivity index is 1.69. The smallest absolute Gasteiger partial charge is 0.416 e. The topological polar surface area (TPSA) is 76.5 Å². The van der Waals surface area contributed by atoms with Crippen molar-refractivity contribution in [3.05, 3.63) is 59.2 Å². The van der Waals surface area contributed by atoms with E-state index in [2.05, 4.69) is 10.3 Å². The van der Waals surface area contributed by atoms with Crippen molar-refractivity contribution < 1.29 is 27.5 Å². The maximum absolute atomic E-state index is 13.2. The van der Waals surface area contributed by atoms with Crippen LogP contribution in [0, 0.1) is 6.92 Å². The Bertz CT molecular complexity index is 1310. The lowest BCUT2D eigenvalue weighted by Gasteiger charge is -2.29. The van der Waals surface area contributed by atoms with Crippen LogP contribution in [-0.2, 0) is 10.9 Å². The fourth-order valence-corrected chi connectivity index (χ4v) is 4.50. The number of carbonyl (C=O) groups excluding carboxylic acids is 2. The van der Waals surface area contributed by atoms with E-state index in [0.717, 1.165) is 42.5 Å². The Hall–Kier alpha value is -3.56. The van der Waals surface area contributed by atoms with Crippen molar-refractivity contribution in [3.8, 4) is 0 Å². The fourth-order valence-electron chi connectivity index (χ4n) is 4.50. The van der Waals surface area contributed by atoms with Crippen LogP contribution in [0.2, 0.25) is 0 Å². The molecule has 10 heteroatoms. The molecule has 198 valence electrons. The molecule has 1 atom stereocenters. The highest BCUT2D eigenvalue weighted by atomic mass is 19.4. The van der Waals surface area contributed by atoms with Gasteiger partial charge in [-0.3, -0.25) is 10.1 Å². The number of anilines is 1. The summed E-state index contributed by atoms with van der Waals surface area (Å²) >= 11 is 0. The van der Waals surface area contributed by atoms with Gasteiger partial charge in [0, 0.05) is 18.7 Å². The van der Waals surface area contributed by atoms with Crippen LogP contribution in [0.25, 0.3) is 11.0 Å². The van der Waals surface area contributed by atoms with Crippen molar-refractivity contribution in [1.29, 1.82) is 0 Å². The third kappa shape index (κ3) is 6.23. The zero-order valence-corrected chi connectivity index (χ0v) is 21.4. The second-order valence-electron chi connectivity index (χ2n) is 10.4. The number of rotatable bonds is 3. The molecule has 1 saturated heterocycles. The Labute approximate surface area is 213 Å². The highest BCUT2D eigenvalue weighted by molar-refractivity contribution is 6.04. The predicted octanol–water partition coefficient (Wildman–Crippen LogP) is 6.58. The minimum atomic E-state index is -4.56. The number of ether oxygens (including phenoxy) is 1. The van der Waals surface area contributed by atoms with Crippen molar-refractivity contribution in [1.82, 2.24) is 14.5 Å². The van der Waals surface area contributed by atoms with Gasteiger partial charge in [-0.25, -0.2) is 9.78 Å². The first-order chi connectivity index (χ1) is 17.3. The SMILES string of the molecule is Cc1ccc2c(c1)nc(NC(=O)c1cccc(C(F)(F)F)c1)n2C1CCCCN(C(=O)OC(C)(C)C)C1. The molecule has 1 aliphatic rings. The zero-order chi connectivity index (χ0) is 27.0. The lowest BCUT2D eigenvalue weighted by Crippen LogP contribution is -2.39. The summed E-state index contributed by atoms with van der Waals surface area (Å²) in [4.78, 5) is 32.2. The number of imidazole rings is 1. The molecule has 2 aromatic carbocycles. The lowest BCUT2D eigenvalue weighted by molar-refractivity contribution is -0.137. The van der Waals surface area contributed by atoms with Gasteiger partial charge < -0.3 is 14.2 Å². The number of hydrogen-bond acceptors (Lipinski definition) is 4. The molecular weight excluding hydrogens is 485 g/mol. The molecule has 1 aromatic heterocycles. The van der Waals surface area contributed by atoms with Gasteiger partial charge in [-0.1, -0.05) is 12.1 Å². The number of amides is 2. The third-order valence-electron chi connectivity index (χ3n) is 6.19. The molecule has 0 spiro atoms. The van der Waals surface area contributed by atoms with Crippen molar-refractivity contribution in [2.45, 2.75) is 64.8 Å². The number of alkyl halides is 3. The third-order valence-corrected chi connectivity index (χ3v) is 6.19. The molecule has 1 unspecified atom stereocenters. The van der Waals surface area contributed by atoms with Crippen molar-refractivity contribution in [3.63, 3.8) is 0 Å². The zero-order valence-electron chi connectivity index (χ0n) is 21.4. The van der Waals surface area contributed by atoms with E-state index in [9.17, 15) is 22.8 Å². The molecule has 1 aliphatic heterocycles. The van der Waals surface area contributed by atoms with Gasteiger partial charge >= 0.3 is 12.3 Å². The molecule has 2 heterocycles. The average Bonchev–Trinajstić information content (AvgIpc) is 2.97. The number of likely N-dealkylation sites (tertiary alicyclic amines) is 1. The van der Waals surface area contributed by atoms with E-state index in [4.69, 9.17) is 4.74 Å². The molecule has 1 N–H and O–H groups in total. The summed E-state index contributed by atoms with van der Waals surface area (Å²) in [6, 6.07) is 9.77. The normalized spacial score (nSPS) is 16.9. The Kier molecular flexibility index (Phi) is 7.21. The van der Waals surface area contributed by atoms with Gasteiger partial charge in [-0.05, 0) is 82.9 Å².